The molecule has 1 unspecified atom stereocenters. The Balaban J connectivity index is 2.02. The molecule has 1 N–H and O–H groups in total. The van der Waals surface area contributed by atoms with E-state index in [1.807, 2.05) is 0 Å². The van der Waals surface area contributed by atoms with Crippen LogP contribution in [0.5, 0.6) is 0 Å². The van der Waals surface area contributed by atoms with E-state index in [-0.39, 0.29) is 13.0 Å². The van der Waals surface area contributed by atoms with Gasteiger partial charge in [0.1, 0.15) is 0 Å². The summed E-state index contributed by atoms with van der Waals surface area (Å²) in [5, 5.41) is 9.36. The average Bonchev–Trinajstić information content (AvgIpc) is 3.14. The molecule has 0 amide bonds. The maximum Gasteiger partial charge on any atom is 0.416 e. The Morgan fingerprint density at radius 1 is 0.914 bits per heavy atom. The molecule has 3 nitrogen and oxygen atoms in total. The summed E-state index contributed by atoms with van der Waals surface area (Å²) in [7, 11) is 0. The predicted octanol–water partition coefficient (Wildman–Crippen LogP) is 7.03. The van der Waals surface area contributed by atoms with Crippen LogP contribution in [0.25, 0.3) is 0 Å². The molecule has 0 aliphatic carbocycles. The highest BCUT2D eigenvalue weighted by Gasteiger charge is 2.41. The zero-order valence-electron chi connectivity index (χ0n) is 18.1. The molecule has 2 aromatic rings. The number of nitrogens with zero attached hydrogens (tertiary/aromatic N) is 1. The molecular formula is C23H20F9NO2. The summed E-state index contributed by atoms with van der Waals surface area (Å²) in [5.74, 6) is -2.68. The van der Waals surface area contributed by atoms with Crippen molar-refractivity contribution in [2.75, 3.05) is 6.54 Å². The van der Waals surface area contributed by atoms with E-state index >= 15 is 0 Å². The Hall–Kier alpha value is -2.76. The molecule has 192 valence electrons. The van der Waals surface area contributed by atoms with Gasteiger partial charge in [0.15, 0.2) is 0 Å². The quantitative estimate of drug-likeness (QED) is 0.437. The molecule has 3 atom stereocenters. The number of carbonyl (C=O) groups is 1. The van der Waals surface area contributed by atoms with Crippen molar-refractivity contribution in [1.29, 1.82) is 0 Å². The molecule has 3 rings (SSSR count). The van der Waals surface area contributed by atoms with E-state index in [2.05, 4.69) is 0 Å². The summed E-state index contributed by atoms with van der Waals surface area (Å²) in [6.45, 7) is 0.728. The highest BCUT2D eigenvalue weighted by atomic mass is 19.4. The number of alkyl halides is 9. The lowest BCUT2D eigenvalue weighted by atomic mass is 9.90. The highest BCUT2D eigenvalue weighted by Crippen LogP contribution is 2.43. The standard InChI is InChI=1S/C23H20F9NO2/c1-12(20(34)35)14-9-19(13-2-4-16(5-3-13)21(24,25)26)33(10-14)11-15-8-17(22(27,28)29)6-7-18(15)23(30,31)32/h2-8,12,14,19H,9-11H2,1H3,(H,34,35)/t12?,14-,19+/m1/s1. The van der Waals surface area contributed by atoms with Crippen LogP contribution in [0.2, 0.25) is 0 Å². The summed E-state index contributed by atoms with van der Waals surface area (Å²) < 4.78 is 119. The molecule has 0 aromatic heterocycles. The Kier molecular flexibility index (Phi) is 7.18. The minimum atomic E-state index is -4.95. The van der Waals surface area contributed by atoms with Gasteiger partial charge in [-0.3, -0.25) is 9.69 Å². The molecule has 1 saturated heterocycles. The Bertz CT molecular complexity index is 1060. The van der Waals surface area contributed by atoms with Crippen LogP contribution >= 0.6 is 0 Å². The monoisotopic (exact) mass is 513 g/mol. The smallest absolute Gasteiger partial charge is 0.416 e. The second-order valence-electron chi connectivity index (χ2n) is 8.56. The van der Waals surface area contributed by atoms with Gasteiger partial charge in [-0.2, -0.15) is 39.5 Å². The number of hydrogen-bond acceptors (Lipinski definition) is 2. The lowest BCUT2D eigenvalue weighted by Crippen LogP contribution is -2.28. The predicted molar refractivity (Wildman–Crippen MR) is 106 cm³/mol. The summed E-state index contributed by atoms with van der Waals surface area (Å²) in [6.07, 6.45) is -14.4. The van der Waals surface area contributed by atoms with Gasteiger partial charge in [0.2, 0.25) is 0 Å². The summed E-state index contributed by atoms with van der Waals surface area (Å²) >= 11 is 0. The molecule has 0 saturated carbocycles. The van der Waals surface area contributed by atoms with Gasteiger partial charge in [0.05, 0.1) is 22.6 Å². The Morgan fingerprint density at radius 3 is 1.94 bits per heavy atom. The fourth-order valence-corrected chi connectivity index (χ4v) is 4.31. The zero-order valence-corrected chi connectivity index (χ0v) is 18.1. The minimum absolute atomic E-state index is 0.0628. The van der Waals surface area contributed by atoms with E-state index in [1.54, 1.807) is 0 Å². The van der Waals surface area contributed by atoms with Gasteiger partial charge < -0.3 is 5.11 Å². The Morgan fingerprint density at radius 2 is 1.46 bits per heavy atom. The van der Waals surface area contributed by atoms with E-state index < -0.39 is 71.2 Å². The van der Waals surface area contributed by atoms with Crippen molar-refractivity contribution in [3.8, 4) is 0 Å². The van der Waals surface area contributed by atoms with Crippen LogP contribution in [0.1, 0.15) is 47.2 Å². The SMILES string of the molecule is CC(C(=O)O)[C@@H]1C[C@@H](c2ccc(C(F)(F)F)cc2)N(Cc2cc(C(F)(F)F)ccc2C(F)(F)F)C1. The second kappa shape index (κ2) is 9.36. The van der Waals surface area contributed by atoms with Crippen LogP contribution in [0.4, 0.5) is 39.5 Å². The average molecular weight is 513 g/mol. The van der Waals surface area contributed by atoms with Gasteiger partial charge >= 0.3 is 24.5 Å². The largest absolute Gasteiger partial charge is 0.481 e. The van der Waals surface area contributed by atoms with Crippen molar-refractivity contribution in [3.05, 3.63) is 70.3 Å². The fraction of sp³-hybridized carbons (Fsp3) is 0.435. The second-order valence-corrected chi connectivity index (χ2v) is 8.56. The maximum atomic E-state index is 13.6. The fourth-order valence-electron chi connectivity index (χ4n) is 4.31. The molecule has 12 heteroatoms. The van der Waals surface area contributed by atoms with Crippen molar-refractivity contribution in [2.24, 2.45) is 11.8 Å². The number of aliphatic carboxylic acids is 1. The van der Waals surface area contributed by atoms with Crippen molar-refractivity contribution in [1.82, 2.24) is 4.90 Å². The molecule has 1 heterocycles. The van der Waals surface area contributed by atoms with Crippen molar-refractivity contribution >= 4 is 5.97 Å². The first-order chi connectivity index (χ1) is 16.0. The van der Waals surface area contributed by atoms with Crippen LogP contribution in [0, 0.1) is 11.8 Å². The maximum absolute atomic E-state index is 13.6. The Labute approximate surface area is 194 Å². The summed E-state index contributed by atoms with van der Waals surface area (Å²) in [6, 6.07) is 4.17. The molecule has 2 aromatic carbocycles. The summed E-state index contributed by atoms with van der Waals surface area (Å²) in [4.78, 5) is 12.9. The first-order valence-electron chi connectivity index (χ1n) is 10.4. The number of likely N-dealkylation sites (tertiary alicyclic amines) is 1. The van der Waals surface area contributed by atoms with Crippen LogP contribution < -0.4 is 0 Å². The number of carboxylic acid groups (broad SMARTS) is 1. The number of hydrogen-bond donors (Lipinski definition) is 1. The lowest BCUT2D eigenvalue weighted by Gasteiger charge is -2.27. The number of rotatable bonds is 5. The minimum Gasteiger partial charge on any atom is -0.481 e. The molecular weight excluding hydrogens is 493 g/mol. The topological polar surface area (TPSA) is 40.5 Å². The first kappa shape index (κ1) is 26.8. The van der Waals surface area contributed by atoms with Crippen molar-refractivity contribution in [2.45, 2.75) is 44.5 Å². The number of carboxylic acids is 1. The highest BCUT2D eigenvalue weighted by molar-refractivity contribution is 5.70. The van der Waals surface area contributed by atoms with Crippen LogP contribution in [-0.4, -0.2) is 22.5 Å². The normalized spacial score (nSPS) is 20.7. The van der Waals surface area contributed by atoms with E-state index in [0.29, 0.717) is 23.8 Å². The number of benzene rings is 2. The number of halogens is 9. The molecule has 0 spiro atoms. The zero-order chi connectivity index (χ0) is 26.3. The van der Waals surface area contributed by atoms with Crippen LogP contribution in [0.3, 0.4) is 0 Å². The third kappa shape index (κ3) is 6.09. The van der Waals surface area contributed by atoms with Gasteiger partial charge in [-0.15, -0.1) is 0 Å². The molecule has 1 aliphatic rings. The molecule has 0 radical (unpaired) electrons. The van der Waals surface area contributed by atoms with Gasteiger partial charge in [0, 0.05) is 19.1 Å². The van der Waals surface area contributed by atoms with Crippen molar-refractivity contribution in [3.63, 3.8) is 0 Å². The van der Waals surface area contributed by atoms with Gasteiger partial charge in [0.25, 0.3) is 0 Å². The summed E-state index contributed by atoms with van der Waals surface area (Å²) in [5.41, 5.74) is -3.86. The molecule has 35 heavy (non-hydrogen) atoms. The first-order valence-corrected chi connectivity index (χ1v) is 10.4. The van der Waals surface area contributed by atoms with E-state index in [9.17, 15) is 49.4 Å². The van der Waals surface area contributed by atoms with Crippen molar-refractivity contribution < 1.29 is 49.4 Å². The van der Waals surface area contributed by atoms with E-state index in [1.165, 1.54) is 11.8 Å². The molecule has 0 bridgehead atoms. The third-order valence-corrected chi connectivity index (χ3v) is 6.27. The van der Waals surface area contributed by atoms with Gasteiger partial charge in [-0.1, -0.05) is 19.1 Å². The van der Waals surface area contributed by atoms with E-state index in [4.69, 9.17) is 0 Å². The van der Waals surface area contributed by atoms with Crippen LogP contribution in [-0.2, 0) is 29.9 Å². The van der Waals surface area contributed by atoms with Gasteiger partial charge in [-0.25, -0.2) is 0 Å². The molecule has 1 aliphatic heterocycles. The van der Waals surface area contributed by atoms with E-state index in [0.717, 1.165) is 24.3 Å². The third-order valence-electron chi connectivity index (χ3n) is 6.27. The van der Waals surface area contributed by atoms with Gasteiger partial charge in [-0.05, 0) is 53.8 Å². The lowest BCUT2D eigenvalue weighted by molar-refractivity contribution is -0.143. The molecule has 1 fully saturated rings. The van der Waals surface area contributed by atoms with Crippen LogP contribution in [0.15, 0.2) is 42.5 Å².